The Hall–Kier alpha value is -2.80. The van der Waals surface area contributed by atoms with Gasteiger partial charge in [0.25, 0.3) is 11.6 Å². The minimum absolute atomic E-state index is 0.0735. The summed E-state index contributed by atoms with van der Waals surface area (Å²) in [4.78, 5) is 21.7. The van der Waals surface area contributed by atoms with Gasteiger partial charge in [0, 0.05) is 12.1 Å². The van der Waals surface area contributed by atoms with Gasteiger partial charge in [-0.2, -0.15) is 0 Å². The second-order valence-electron chi connectivity index (χ2n) is 4.67. The predicted octanol–water partition coefficient (Wildman–Crippen LogP) is 2.82. The van der Waals surface area contributed by atoms with E-state index in [0.29, 0.717) is 13.2 Å². The van der Waals surface area contributed by atoms with E-state index in [9.17, 15) is 14.9 Å². The number of hydrogen-bond donors (Lipinski definition) is 1. The van der Waals surface area contributed by atoms with Gasteiger partial charge >= 0.3 is 0 Å². The largest absolute Gasteiger partial charge is 0.492 e. The van der Waals surface area contributed by atoms with Crippen molar-refractivity contribution in [3.05, 3.63) is 63.7 Å². The van der Waals surface area contributed by atoms with Gasteiger partial charge in [-0.1, -0.05) is 29.8 Å². The summed E-state index contributed by atoms with van der Waals surface area (Å²) in [7, 11) is 0. The fourth-order valence-corrected chi connectivity index (χ4v) is 2.02. The summed E-state index contributed by atoms with van der Waals surface area (Å²) >= 11 is 5.87. The number of nitrogens with one attached hydrogen (secondary N) is 1. The molecule has 0 aliphatic carbocycles. The van der Waals surface area contributed by atoms with Gasteiger partial charge in [-0.3, -0.25) is 14.9 Å². The fourth-order valence-electron chi connectivity index (χ4n) is 1.79. The summed E-state index contributed by atoms with van der Waals surface area (Å²) in [5.74, 6) is 0.583. The number of nitro groups is 1. The summed E-state index contributed by atoms with van der Waals surface area (Å²) in [6.45, 7) is 0.405. The Morgan fingerprint density at radius 2 is 1.92 bits per heavy atom. The lowest BCUT2D eigenvalue weighted by molar-refractivity contribution is -0.384. The molecule has 2 rings (SSSR count). The molecule has 0 atom stereocenters. The van der Waals surface area contributed by atoms with Crippen LogP contribution in [0.2, 0.25) is 5.02 Å². The average Bonchev–Trinajstić information content (AvgIpc) is 2.58. The van der Waals surface area contributed by atoms with Gasteiger partial charge < -0.3 is 14.8 Å². The Morgan fingerprint density at radius 1 is 1.17 bits per heavy atom. The second-order valence-corrected chi connectivity index (χ2v) is 5.08. The van der Waals surface area contributed by atoms with Crippen LogP contribution in [-0.2, 0) is 4.79 Å². The molecular formula is C16H15ClN2O5. The van der Waals surface area contributed by atoms with Crippen LogP contribution in [0.15, 0.2) is 48.5 Å². The van der Waals surface area contributed by atoms with Crippen LogP contribution in [-0.4, -0.2) is 30.6 Å². The van der Waals surface area contributed by atoms with Crippen molar-refractivity contribution < 1.29 is 19.2 Å². The molecule has 126 valence electrons. The zero-order valence-electron chi connectivity index (χ0n) is 12.6. The van der Waals surface area contributed by atoms with Crippen LogP contribution in [0.25, 0.3) is 0 Å². The van der Waals surface area contributed by atoms with E-state index in [4.69, 9.17) is 21.1 Å². The minimum Gasteiger partial charge on any atom is -0.492 e. The van der Waals surface area contributed by atoms with E-state index in [1.807, 2.05) is 30.3 Å². The lowest BCUT2D eigenvalue weighted by Gasteiger charge is -2.09. The third-order valence-corrected chi connectivity index (χ3v) is 3.22. The first kappa shape index (κ1) is 17.6. The van der Waals surface area contributed by atoms with Gasteiger partial charge in [0.15, 0.2) is 6.61 Å². The van der Waals surface area contributed by atoms with Crippen LogP contribution < -0.4 is 14.8 Å². The highest BCUT2D eigenvalue weighted by Gasteiger charge is 2.11. The van der Waals surface area contributed by atoms with Gasteiger partial charge in [-0.15, -0.1) is 0 Å². The molecule has 0 saturated carbocycles. The van der Waals surface area contributed by atoms with E-state index in [2.05, 4.69) is 5.32 Å². The molecular weight excluding hydrogens is 336 g/mol. The molecule has 0 unspecified atom stereocenters. The van der Waals surface area contributed by atoms with E-state index >= 15 is 0 Å². The van der Waals surface area contributed by atoms with Crippen molar-refractivity contribution in [2.75, 3.05) is 19.8 Å². The summed E-state index contributed by atoms with van der Waals surface area (Å²) in [5.41, 5.74) is -0.144. The van der Waals surface area contributed by atoms with E-state index in [-0.39, 0.29) is 29.0 Å². The van der Waals surface area contributed by atoms with E-state index in [1.54, 1.807) is 0 Å². The standard InChI is InChI=1S/C16H15ClN2O5/c17-14-10-12(19(21)22)6-7-15(14)24-11-16(20)18-8-9-23-13-4-2-1-3-5-13/h1-7,10H,8-9,11H2,(H,18,20). The highest BCUT2D eigenvalue weighted by Crippen LogP contribution is 2.28. The number of para-hydroxylation sites is 1. The van der Waals surface area contributed by atoms with Gasteiger partial charge in [0.1, 0.15) is 18.1 Å². The maximum absolute atomic E-state index is 11.7. The lowest BCUT2D eigenvalue weighted by Crippen LogP contribution is -2.32. The zero-order valence-corrected chi connectivity index (χ0v) is 13.4. The van der Waals surface area contributed by atoms with Crippen molar-refractivity contribution in [1.29, 1.82) is 0 Å². The molecule has 2 aromatic rings. The van der Waals surface area contributed by atoms with Crippen molar-refractivity contribution >= 4 is 23.2 Å². The van der Waals surface area contributed by atoms with E-state index < -0.39 is 4.92 Å². The smallest absolute Gasteiger partial charge is 0.271 e. The Kier molecular flexibility index (Phi) is 6.39. The number of halogens is 1. The maximum atomic E-state index is 11.7. The van der Waals surface area contributed by atoms with Crippen molar-refractivity contribution in [1.82, 2.24) is 5.32 Å². The molecule has 7 nitrogen and oxygen atoms in total. The molecule has 0 heterocycles. The summed E-state index contributed by atoms with van der Waals surface area (Å²) in [6, 6.07) is 13.0. The first-order chi connectivity index (χ1) is 11.6. The summed E-state index contributed by atoms with van der Waals surface area (Å²) in [6.07, 6.45) is 0. The Balaban J connectivity index is 1.70. The molecule has 0 aromatic heterocycles. The number of rotatable bonds is 8. The third-order valence-electron chi connectivity index (χ3n) is 2.92. The van der Waals surface area contributed by atoms with Crippen LogP contribution >= 0.6 is 11.6 Å². The summed E-state index contributed by atoms with van der Waals surface area (Å²) in [5, 5.41) is 13.3. The number of nitro benzene ring substituents is 1. The number of nitrogens with zero attached hydrogens (tertiary/aromatic N) is 1. The number of hydrogen-bond acceptors (Lipinski definition) is 5. The SMILES string of the molecule is O=C(COc1ccc([N+](=O)[O-])cc1Cl)NCCOc1ccccc1. The first-order valence-corrected chi connectivity index (χ1v) is 7.45. The van der Waals surface area contributed by atoms with Crippen LogP contribution in [0.1, 0.15) is 0 Å². The zero-order chi connectivity index (χ0) is 17.4. The topological polar surface area (TPSA) is 90.7 Å². The monoisotopic (exact) mass is 350 g/mol. The number of benzene rings is 2. The quantitative estimate of drug-likeness (QED) is 0.449. The van der Waals surface area contributed by atoms with Crippen LogP contribution in [0.5, 0.6) is 11.5 Å². The molecule has 0 aliphatic heterocycles. The molecule has 0 aliphatic rings. The van der Waals surface area contributed by atoms with Gasteiger partial charge in [-0.25, -0.2) is 0 Å². The maximum Gasteiger partial charge on any atom is 0.271 e. The van der Waals surface area contributed by atoms with E-state index in [1.165, 1.54) is 18.2 Å². The van der Waals surface area contributed by atoms with Gasteiger partial charge in [0.05, 0.1) is 16.5 Å². The number of ether oxygens (including phenoxy) is 2. The Labute approximate surface area is 143 Å². The van der Waals surface area contributed by atoms with Crippen molar-refractivity contribution in [2.45, 2.75) is 0 Å². The molecule has 2 aromatic carbocycles. The van der Waals surface area contributed by atoms with Crippen LogP contribution in [0, 0.1) is 10.1 Å². The highest BCUT2D eigenvalue weighted by atomic mass is 35.5. The molecule has 8 heteroatoms. The molecule has 0 bridgehead atoms. The average molecular weight is 351 g/mol. The normalized spacial score (nSPS) is 10.0. The Morgan fingerprint density at radius 3 is 2.58 bits per heavy atom. The second kappa shape index (κ2) is 8.73. The number of carbonyl (C=O) groups excluding carboxylic acids is 1. The van der Waals surface area contributed by atoms with Gasteiger partial charge in [-0.05, 0) is 18.2 Å². The van der Waals surface area contributed by atoms with E-state index in [0.717, 1.165) is 5.75 Å². The predicted molar refractivity (Wildman–Crippen MR) is 88.5 cm³/mol. The van der Waals surface area contributed by atoms with Crippen LogP contribution in [0.4, 0.5) is 5.69 Å². The molecule has 0 fully saturated rings. The lowest BCUT2D eigenvalue weighted by atomic mass is 10.3. The number of carbonyl (C=O) groups is 1. The molecule has 1 amide bonds. The molecule has 0 radical (unpaired) electrons. The Bertz CT molecular complexity index is 709. The highest BCUT2D eigenvalue weighted by molar-refractivity contribution is 6.32. The molecule has 0 saturated heterocycles. The number of amides is 1. The number of non-ortho nitro benzene ring substituents is 1. The summed E-state index contributed by atoms with van der Waals surface area (Å²) < 4.78 is 10.7. The molecule has 1 N–H and O–H groups in total. The van der Waals surface area contributed by atoms with Crippen molar-refractivity contribution in [3.8, 4) is 11.5 Å². The van der Waals surface area contributed by atoms with Crippen molar-refractivity contribution in [3.63, 3.8) is 0 Å². The third kappa shape index (κ3) is 5.44. The van der Waals surface area contributed by atoms with Gasteiger partial charge in [0.2, 0.25) is 0 Å². The van der Waals surface area contributed by atoms with Crippen molar-refractivity contribution in [2.24, 2.45) is 0 Å². The molecule has 24 heavy (non-hydrogen) atoms. The molecule has 0 spiro atoms. The fraction of sp³-hybridized carbons (Fsp3) is 0.188. The first-order valence-electron chi connectivity index (χ1n) is 7.07. The minimum atomic E-state index is -0.560. The van der Waals surface area contributed by atoms with Crippen LogP contribution in [0.3, 0.4) is 0 Å².